The molecule has 2 aliphatic carbocycles. The Labute approximate surface area is 204 Å². The van der Waals surface area contributed by atoms with Crippen LogP contribution in [0.3, 0.4) is 0 Å². The highest BCUT2D eigenvalue weighted by atomic mass is 16.6. The van der Waals surface area contributed by atoms with Gasteiger partial charge in [0.1, 0.15) is 0 Å². The summed E-state index contributed by atoms with van der Waals surface area (Å²) in [4.78, 5) is 21.9. The number of benzene rings is 4. The molecule has 2 aliphatic rings. The van der Waals surface area contributed by atoms with Gasteiger partial charge in [0.25, 0.3) is 11.4 Å². The third kappa shape index (κ3) is 3.11. The zero-order valence-electron chi connectivity index (χ0n) is 18.6. The molecule has 8 heteroatoms. The summed E-state index contributed by atoms with van der Waals surface area (Å²) in [7, 11) is 0. The highest BCUT2D eigenvalue weighted by molar-refractivity contribution is 6.04. The summed E-state index contributed by atoms with van der Waals surface area (Å²) < 4.78 is 0. The zero-order chi connectivity index (χ0) is 25.1. The molecule has 0 aromatic heterocycles. The van der Waals surface area contributed by atoms with Crippen molar-refractivity contribution in [3.8, 4) is 22.3 Å². The summed E-state index contributed by atoms with van der Waals surface area (Å²) >= 11 is 0. The van der Waals surface area contributed by atoms with Crippen molar-refractivity contribution in [1.29, 1.82) is 0 Å². The zero-order valence-corrected chi connectivity index (χ0v) is 18.6. The average Bonchev–Trinajstić information content (AvgIpc) is 3.33. The quantitative estimate of drug-likeness (QED) is 0.138. The van der Waals surface area contributed by atoms with Crippen molar-refractivity contribution in [2.45, 2.75) is 0 Å². The van der Waals surface area contributed by atoms with Crippen LogP contribution in [0, 0.1) is 20.2 Å². The minimum atomic E-state index is -0.428. The largest absolute Gasteiger partial charge is 0.399 e. The molecule has 0 saturated carbocycles. The number of nitro benzene ring substituents is 2. The molecular weight excluding hydrogens is 456 g/mol. The maximum atomic E-state index is 11.4. The monoisotopic (exact) mass is 472 g/mol. The Kier molecular flexibility index (Phi) is 4.43. The van der Waals surface area contributed by atoms with E-state index in [1.807, 2.05) is 12.1 Å². The molecular formula is C28H16N4O4. The predicted molar refractivity (Wildman–Crippen MR) is 138 cm³/mol. The van der Waals surface area contributed by atoms with Crippen molar-refractivity contribution in [3.63, 3.8) is 0 Å². The second-order valence-electron chi connectivity index (χ2n) is 8.58. The van der Waals surface area contributed by atoms with E-state index in [9.17, 15) is 20.2 Å². The normalized spacial score (nSPS) is 12.2. The Balaban J connectivity index is 1.66. The Morgan fingerprint density at radius 1 is 0.500 bits per heavy atom. The van der Waals surface area contributed by atoms with Gasteiger partial charge < -0.3 is 11.5 Å². The summed E-state index contributed by atoms with van der Waals surface area (Å²) in [6.07, 6.45) is 0. The number of fused-ring (bicyclic) bond motifs is 6. The van der Waals surface area contributed by atoms with E-state index >= 15 is 0 Å². The predicted octanol–water partition coefficient (Wildman–Crippen LogP) is 5.95. The average molecular weight is 472 g/mol. The van der Waals surface area contributed by atoms with E-state index in [0.29, 0.717) is 22.5 Å². The van der Waals surface area contributed by atoms with E-state index in [1.54, 1.807) is 36.4 Å². The molecule has 6 rings (SSSR count). The van der Waals surface area contributed by atoms with E-state index in [4.69, 9.17) is 11.5 Å². The summed E-state index contributed by atoms with van der Waals surface area (Å²) in [5, 5.41) is 22.8. The fourth-order valence-electron chi connectivity index (χ4n) is 4.86. The van der Waals surface area contributed by atoms with E-state index < -0.39 is 9.85 Å². The lowest BCUT2D eigenvalue weighted by Gasteiger charge is -2.01. The molecule has 0 amide bonds. The first-order valence-electron chi connectivity index (χ1n) is 11.0. The maximum absolute atomic E-state index is 11.4. The van der Waals surface area contributed by atoms with Crippen molar-refractivity contribution in [2.24, 2.45) is 0 Å². The van der Waals surface area contributed by atoms with Crippen LogP contribution in [0.15, 0.2) is 84.3 Å². The number of nitrogens with two attached hydrogens (primary N) is 2. The van der Waals surface area contributed by atoms with Crippen molar-refractivity contribution in [2.75, 3.05) is 11.5 Å². The van der Waals surface area contributed by atoms with Crippen LogP contribution >= 0.6 is 0 Å². The molecule has 0 spiro atoms. The van der Waals surface area contributed by atoms with E-state index in [1.165, 1.54) is 24.3 Å². The Morgan fingerprint density at radius 2 is 0.833 bits per heavy atom. The van der Waals surface area contributed by atoms with Gasteiger partial charge in [-0.25, -0.2) is 0 Å². The van der Waals surface area contributed by atoms with Gasteiger partial charge in [-0.05, 0) is 80.9 Å². The molecule has 172 valence electrons. The lowest BCUT2D eigenvalue weighted by atomic mass is 10.0. The third-order valence-electron chi connectivity index (χ3n) is 6.49. The highest BCUT2D eigenvalue weighted by Gasteiger charge is 2.28. The SMILES string of the molecule is Nc1ccc2c(c1)-c1cc([N+](=O)[O-])ccc1C2=C=C=C1c2ccc(N)cc2-c2cc([N+](=O)[O-])ccc21. The van der Waals surface area contributed by atoms with Crippen molar-refractivity contribution in [3.05, 3.63) is 127 Å². The number of nitrogens with zero attached hydrogens (tertiary/aromatic N) is 2. The minimum absolute atomic E-state index is 0.0106. The first-order valence-corrected chi connectivity index (χ1v) is 11.0. The summed E-state index contributed by atoms with van der Waals surface area (Å²) in [6.45, 7) is 0. The summed E-state index contributed by atoms with van der Waals surface area (Å²) in [5.74, 6) is 0. The lowest BCUT2D eigenvalue weighted by Crippen LogP contribution is -1.89. The van der Waals surface area contributed by atoms with Crippen LogP contribution < -0.4 is 11.5 Å². The van der Waals surface area contributed by atoms with Crippen LogP contribution in [0.25, 0.3) is 33.4 Å². The van der Waals surface area contributed by atoms with Gasteiger partial charge >= 0.3 is 0 Å². The van der Waals surface area contributed by atoms with E-state index in [-0.39, 0.29) is 11.4 Å². The van der Waals surface area contributed by atoms with Gasteiger partial charge in [0.15, 0.2) is 0 Å². The van der Waals surface area contributed by atoms with Crippen molar-refractivity contribution in [1.82, 2.24) is 0 Å². The number of nitrogen functional groups attached to an aromatic ring is 2. The van der Waals surface area contributed by atoms with E-state index in [0.717, 1.165) is 44.5 Å². The van der Waals surface area contributed by atoms with Gasteiger partial charge in [-0.2, -0.15) is 0 Å². The molecule has 4 aromatic rings. The molecule has 36 heavy (non-hydrogen) atoms. The molecule has 0 heterocycles. The molecule has 4 N–H and O–H groups in total. The molecule has 0 saturated heterocycles. The second-order valence-corrected chi connectivity index (χ2v) is 8.58. The fraction of sp³-hybridized carbons (Fsp3) is 0. The number of hydrogen-bond donors (Lipinski definition) is 2. The first kappa shape index (κ1) is 21.1. The summed E-state index contributed by atoms with van der Waals surface area (Å²) in [6, 6.07) is 20.3. The van der Waals surface area contributed by atoms with Crippen LogP contribution in [0.1, 0.15) is 22.3 Å². The number of nitro groups is 2. The number of hydrogen-bond acceptors (Lipinski definition) is 6. The highest BCUT2D eigenvalue weighted by Crippen LogP contribution is 2.47. The molecule has 4 aromatic carbocycles. The first-order chi connectivity index (χ1) is 17.3. The Bertz CT molecular complexity index is 1660. The molecule has 0 fully saturated rings. The molecule has 8 nitrogen and oxygen atoms in total. The van der Waals surface area contributed by atoms with Gasteiger partial charge in [0.05, 0.1) is 9.85 Å². The van der Waals surface area contributed by atoms with Crippen LogP contribution in [0.2, 0.25) is 0 Å². The van der Waals surface area contributed by atoms with Gasteiger partial charge in [-0.15, -0.1) is 0 Å². The Morgan fingerprint density at radius 3 is 1.19 bits per heavy atom. The number of anilines is 2. The third-order valence-corrected chi connectivity index (χ3v) is 6.49. The van der Waals surface area contributed by atoms with Crippen LogP contribution in [0.4, 0.5) is 22.7 Å². The van der Waals surface area contributed by atoms with Crippen LogP contribution in [-0.4, -0.2) is 9.85 Å². The number of rotatable bonds is 2. The van der Waals surface area contributed by atoms with Crippen LogP contribution in [-0.2, 0) is 0 Å². The van der Waals surface area contributed by atoms with Gasteiger partial charge in [0, 0.05) is 46.8 Å². The van der Waals surface area contributed by atoms with Crippen LogP contribution in [0.5, 0.6) is 0 Å². The smallest absolute Gasteiger partial charge is 0.270 e. The van der Waals surface area contributed by atoms with Crippen molar-refractivity contribution >= 4 is 33.9 Å². The molecule has 0 unspecified atom stereocenters. The number of non-ortho nitro benzene ring substituents is 2. The maximum Gasteiger partial charge on any atom is 0.270 e. The lowest BCUT2D eigenvalue weighted by molar-refractivity contribution is -0.385. The van der Waals surface area contributed by atoms with Crippen molar-refractivity contribution < 1.29 is 9.85 Å². The minimum Gasteiger partial charge on any atom is -0.399 e. The standard InChI is InChI=1S/C28H16N4O4/c29-15-1-5-21-19(23-7-3-17(31(33)34)13-27(23)25(21)11-15)9-10-20-22-6-2-16(30)12-26(22)28-14-18(32(35)36)4-8-24(20)28/h1-8,11-14H,29-30H2. The topological polar surface area (TPSA) is 138 Å². The summed E-state index contributed by atoms with van der Waals surface area (Å²) in [5.41, 5.74) is 27.4. The van der Waals surface area contributed by atoms with Gasteiger partial charge in [-0.3, -0.25) is 20.2 Å². The van der Waals surface area contributed by atoms with Gasteiger partial charge in [-0.1, -0.05) is 23.6 Å². The Hall–Kier alpha value is -5.42. The molecule has 0 aliphatic heterocycles. The van der Waals surface area contributed by atoms with Gasteiger partial charge in [0.2, 0.25) is 0 Å². The fourth-order valence-corrected chi connectivity index (χ4v) is 4.86. The second kappa shape index (κ2) is 7.55. The molecule has 0 bridgehead atoms. The molecule has 0 atom stereocenters. The molecule has 0 radical (unpaired) electrons. The van der Waals surface area contributed by atoms with E-state index in [2.05, 4.69) is 11.5 Å².